The van der Waals surface area contributed by atoms with Crippen LogP contribution in [0.1, 0.15) is 32.6 Å². The minimum Gasteiger partial charge on any atom is -0.372 e. The molecule has 0 radical (unpaired) electrons. The van der Waals surface area contributed by atoms with E-state index in [1.54, 1.807) is 9.80 Å². The molecule has 2 rings (SSSR count). The highest BCUT2D eigenvalue weighted by Crippen LogP contribution is 2.18. The fourth-order valence-corrected chi connectivity index (χ4v) is 5.05. The second-order valence-electron chi connectivity index (χ2n) is 6.64. The van der Waals surface area contributed by atoms with Crippen LogP contribution in [0.4, 0.5) is 0 Å². The number of hydrogen-bond acceptors (Lipinski definition) is 6. The standard InChI is InChI=1S/C17H26N4O4S/c1-2-20(15-6-10-26(24,25)13-15)12-14(11-18)17(23)19-7-4-9-21-8-3-5-16(21)22/h12,15H,2-10,13H2,1H3,(H,19,23)/b14-12-. The molecule has 0 bridgehead atoms. The summed E-state index contributed by atoms with van der Waals surface area (Å²) >= 11 is 0. The first-order valence-corrected chi connectivity index (χ1v) is 10.8. The lowest BCUT2D eigenvalue weighted by Gasteiger charge is -2.25. The van der Waals surface area contributed by atoms with Crippen LogP contribution in [0, 0.1) is 11.3 Å². The third kappa shape index (κ3) is 5.46. The highest BCUT2D eigenvalue weighted by atomic mass is 32.2. The molecular formula is C17H26N4O4S. The molecule has 2 saturated heterocycles. The Kier molecular flexibility index (Phi) is 7.03. The van der Waals surface area contributed by atoms with E-state index in [9.17, 15) is 23.3 Å². The normalized spacial score (nSPS) is 22.3. The van der Waals surface area contributed by atoms with Crippen molar-refractivity contribution < 1.29 is 18.0 Å². The summed E-state index contributed by atoms with van der Waals surface area (Å²) < 4.78 is 23.3. The van der Waals surface area contributed by atoms with E-state index in [1.807, 2.05) is 13.0 Å². The van der Waals surface area contributed by atoms with Crippen molar-refractivity contribution in [1.82, 2.24) is 15.1 Å². The molecule has 0 aromatic rings. The van der Waals surface area contributed by atoms with E-state index in [-0.39, 0.29) is 29.0 Å². The van der Waals surface area contributed by atoms with E-state index in [0.29, 0.717) is 38.9 Å². The molecule has 1 atom stereocenters. The summed E-state index contributed by atoms with van der Waals surface area (Å²) in [5, 5.41) is 12.0. The van der Waals surface area contributed by atoms with Crippen molar-refractivity contribution in [3.8, 4) is 6.07 Å². The van der Waals surface area contributed by atoms with Gasteiger partial charge in [0.1, 0.15) is 11.6 Å². The van der Waals surface area contributed by atoms with Crippen LogP contribution in [0.5, 0.6) is 0 Å². The van der Waals surface area contributed by atoms with Crippen LogP contribution in [0.3, 0.4) is 0 Å². The molecule has 26 heavy (non-hydrogen) atoms. The van der Waals surface area contributed by atoms with Gasteiger partial charge in [-0.2, -0.15) is 5.26 Å². The summed E-state index contributed by atoms with van der Waals surface area (Å²) in [5.74, 6) is -0.120. The predicted molar refractivity (Wildman–Crippen MR) is 96.6 cm³/mol. The van der Waals surface area contributed by atoms with Crippen molar-refractivity contribution in [2.75, 3.05) is 37.7 Å². The first-order valence-electron chi connectivity index (χ1n) is 9.00. The zero-order valence-electron chi connectivity index (χ0n) is 15.1. The Morgan fingerprint density at radius 2 is 2.27 bits per heavy atom. The summed E-state index contributed by atoms with van der Waals surface area (Å²) in [6, 6.07) is 1.70. The van der Waals surface area contributed by atoms with Crippen LogP contribution >= 0.6 is 0 Å². The van der Waals surface area contributed by atoms with Gasteiger partial charge in [-0.3, -0.25) is 9.59 Å². The third-order valence-electron chi connectivity index (χ3n) is 4.76. The van der Waals surface area contributed by atoms with Gasteiger partial charge in [-0.15, -0.1) is 0 Å². The lowest BCUT2D eigenvalue weighted by Crippen LogP contribution is -2.34. The molecule has 0 saturated carbocycles. The minimum atomic E-state index is -3.03. The van der Waals surface area contributed by atoms with Crippen molar-refractivity contribution in [2.24, 2.45) is 0 Å². The lowest BCUT2D eigenvalue weighted by molar-refractivity contribution is -0.127. The Bertz CT molecular complexity index is 711. The van der Waals surface area contributed by atoms with Crippen molar-refractivity contribution in [1.29, 1.82) is 5.26 Å². The average Bonchev–Trinajstić information content (AvgIpc) is 3.17. The first-order chi connectivity index (χ1) is 12.4. The number of nitrogens with one attached hydrogen (secondary N) is 1. The van der Waals surface area contributed by atoms with Crippen LogP contribution in [0.2, 0.25) is 0 Å². The molecule has 2 heterocycles. The monoisotopic (exact) mass is 382 g/mol. The predicted octanol–water partition coefficient (Wildman–Crippen LogP) is 0.0316. The smallest absolute Gasteiger partial charge is 0.263 e. The topological polar surface area (TPSA) is 111 Å². The average molecular weight is 382 g/mol. The van der Waals surface area contributed by atoms with Gasteiger partial charge in [0.05, 0.1) is 11.5 Å². The van der Waals surface area contributed by atoms with E-state index in [0.717, 1.165) is 13.0 Å². The van der Waals surface area contributed by atoms with E-state index >= 15 is 0 Å². The Morgan fingerprint density at radius 3 is 2.81 bits per heavy atom. The number of hydrogen-bond donors (Lipinski definition) is 1. The Morgan fingerprint density at radius 1 is 1.50 bits per heavy atom. The Labute approximate surface area is 154 Å². The van der Waals surface area contributed by atoms with Gasteiger partial charge in [-0.25, -0.2) is 8.42 Å². The van der Waals surface area contributed by atoms with Gasteiger partial charge < -0.3 is 15.1 Å². The summed E-state index contributed by atoms with van der Waals surface area (Å²) in [7, 11) is -3.03. The van der Waals surface area contributed by atoms with Crippen LogP contribution in [0.25, 0.3) is 0 Å². The first kappa shape index (κ1) is 20.2. The maximum Gasteiger partial charge on any atom is 0.263 e. The van der Waals surface area contributed by atoms with Crippen molar-refractivity contribution in [2.45, 2.75) is 38.6 Å². The van der Waals surface area contributed by atoms with Crippen molar-refractivity contribution in [3.05, 3.63) is 11.8 Å². The molecular weight excluding hydrogens is 356 g/mol. The second kappa shape index (κ2) is 9.03. The maximum absolute atomic E-state index is 12.2. The number of nitrogens with zero attached hydrogens (tertiary/aromatic N) is 3. The molecule has 1 N–H and O–H groups in total. The molecule has 1 unspecified atom stereocenters. The summed E-state index contributed by atoms with van der Waals surface area (Å²) in [6.45, 7) is 4.14. The molecule has 0 aliphatic carbocycles. The number of rotatable bonds is 8. The number of carbonyl (C=O) groups excluding carboxylic acids is 2. The molecule has 0 spiro atoms. The van der Waals surface area contributed by atoms with Crippen LogP contribution < -0.4 is 5.32 Å². The van der Waals surface area contributed by atoms with Crippen molar-refractivity contribution in [3.63, 3.8) is 0 Å². The quantitative estimate of drug-likeness (QED) is 0.360. The molecule has 2 aliphatic rings. The Hall–Kier alpha value is -2.08. The van der Waals surface area contributed by atoms with Crippen molar-refractivity contribution >= 4 is 21.7 Å². The molecule has 8 nitrogen and oxygen atoms in total. The number of sulfone groups is 1. The third-order valence-corrected chi connectivity index (χ3v) is 6.51. The minimum absolute atomic E-state index is 0.0339. The van der Waals surface area contributed by atoms with Gasteiger partial charge in [0.25, 0.3) is 5.91 Å². The number of carbonyl (C=O) groups is 2. The van der Waals surface area contributed by atoms with Gasteiger partial charge in [-0.05, 0) is 26.2 Å². The number of amides is 2. The maximum atomic E-state index is 12.2. The van der Waals surface area contributed by atoms with Gasteiger partial charge in [0, 0.05) is 44.8 Å². The molecule has 144 valence electrons. The fourth-order valence-electron chi connectivity index (χ4n) is 3.30. The van der Waals surface area contributed by atoms with E-state index in [1.165, 1.54) is 6.20 Å². The molecule has 9 heteroatoms. The summed E-state index contributed by atoms with van der Waals surface area (Å²) in [5.41, 5.74) is -0.0339. The van der Waals surface area contributed by atoms with E-state index in [2.05, 4.69) is 5.32 Å². The number of likely N-dealkylation sites (tertiary alicyclic amines) is 1. The zero-order chi connectivity index (χ0) is 19.2. The molecule has 0 aromatic carbocycles. The van der Waals surface area contributed by atoms with E-state index in [4.69, 9.17) is 0 Å². The summed E-state index contributed by atoms with van der Waals surface area (Å²) in [6.07, 6.45) is 4.09. The van der Waals surface area contributed by atoms with Gasteiger partial charge >= 0.3 is 0 Å². The van der Waals surface area contributed by atoms with Gasteiger partial charge in [-0.1, -0.05) is 0 Å². The molecule has 2 aliphatic heterocycles. The molecule has 2 fully saturated rings. The van der Waals surface area contributed by atoms with Crippen LogP contribution in [-0.4, -0.2) is 73.8 Å². The number of nitriles is 1. The van der Waals surface area contributed by atoms with E-state index < -0.39 is 15.7 Å². The summed E-state index contributed by atoms with van der Waals surface area (Å²) in [4.78, 5) is 27.3. The molecule has 2 amide bonds. The second-order valence-corrected chi connectivity index (χ2v) is 8.86. The van der Waals surface area contributed by atoms with Crippen LogP contribution in [0.15, 0.2) is 11.8 Å². The van der Waals surface area contributed by atoms with Gasteiger partial charge in [0.2, 0.25) is 5.91 Å². The molecule has 0 aromatic heterocycles. The Balaban J connectivity index is 1.85. The lowest BCUT2D eigenvalue weighted by atomic mass is 10.2. The SMILES string of the molecule is CCN(/C=C(/C#N)C(=O)NCCCN1CCCC1=O)C1CCS(=O)(=O)C1. The van der Waals surface area contributed by atoms with Gasteiger partial charge in [0.15, 0.2) is 9.84 Å². The largest absolute Gasteiger partial charge is 0.372 e. The fraction of sp³-hybridized carbons (Fsp3) is 0.706. The zero-order valence-corrected chi connectivity index (χ0v) is 15.9. The highest BCUT2D eigenvalue weighted by molar-refractivity contribution is 7.91. The van der Waals surface area contributed by atoms with Crippen LogP contribution in [-0.2, 0) is 19.4 Å². The highest BCUT2D eigenvalue weighted by Gasteiger charge is 2.31.